The lowest BCUT2D eigenvalue weighted by molar-refractivity contribution is 0.183. The Morgan fingerprint density at radius 1 is 1.77 bits per heavy atom. The standard InChI is InChI=1S/C8H16N4O/c1-3-6(13)4-10-8-7(9)5-12(2)11-8/h5-6,13H,3-4,9H2,1-2H3,(H,10,11). The van der Waals surface area contributed by atoms with Crippen LogP contribution in [0.3, 0.4) is 0 Å². The minimum absolute atomic E-state index is 0.346. The molecule has 1 rings (SSSR count). The van der Waals surface area contributed by atoms with E-state index in [0.717, 1.165) is 6.42 Å². The van der Waals surface area contributed by atoms with E-state index >= 15 is 0 Å². The number of hydrogen-bond acceptors (Lipinski definition) is 4. The maximum absolute atomic E-state index is 9.28. The highest BCUT2D eigenvalue weighted by molar-refractivity contribution is 5.59. The van der Waals surface area contributed by atoms with Crippen LogP contribution in [-0.4, -0.2) is 27.5 Å². The third kappa shape index (κ3) is 2.62. The third-order valence-corrected chi connectivity index (χ3v) is 1.83. The van der Waals surface area contributed by atoms with Gasteiger partial charge >= 0.3 is 0 Å². The molecule has 0 aliphatic heterocycles. The van der Waals surface area contributed by atoms with Gasteiger partial charge in [-0.2, -0.15) is 5.10 Å². The van der Waals surface area contributed by atoms with Gasteiger partial charge in [0.2, 0.25) is 0 Å². The van der Waals surface area contributed by atoms with Gasteiger partial charge in [0.15, 0.2) is 5.82 Å². The van der Waals surface area contributed by atoms with E-state index in [1.807, 2.05) is 6.92 Å². The molecule has 13 heavy (non-hydrogen) atoms. The van der Waals surface area contributed by atoms with Crippen molar-refractivity contribution in [2.24, 2.45) is 7.05 Å². The molecular formula is C8H16N4O. The van der Waals surface area contributed by atoms with Gasteiger partial charge in [-0.25, -0.2) is 0 Å². The van der Waals surface area contributed by atoms with Crippen LogP contribution in [0, 0.1) is 0 Å². The van der Waals surface area contributed by atoms with Gasteiger partial charge < -0.3 is 16.2 Å². The molecule has 1 atom stereocenters. The van der Waals surface area contributed by atoms with Crippen LogP contribution >= 0.6 is 0 Å². The number of aliphatic hydroxyl groups excluding tert-OH is 1. The van der Waals surface area contributed by atoms with E-state index in [1.165, 1.54) is 0 Å². The SMILES string of the molecule is CCC(O)CNc1nn(C)cc1N. The predicted molar refractivity (Wildman–Crippen MR) is 52.4 cm³/mol. The molecule has 1 aromatic heterocycles. The fourth-order valence-corrected chi connectivity index (χ4v) is 1.00. The number of nitrogens with zero attached hydrogens (tertiary/aromatic N) is 2. The van der Waals surface area contributed by atoms with Crippen molar-refractivity contribution in [3.63, 3.8) is 0 Å². The summed E-state index contributed by atoms with van der Waals surface area (Å²) in [7, 11) is 1.80. The molecule has 0 spiro atoms. The highest BCUT2D eigenvalue weighted by Crippen LogP contribution is 2.13. The molecule has 0 saturated carbocycles. The monoisotopic (exact) mass is 184 g/mol. The average molecular weight is 184 g/mol. The van der Waals surface area contributed by atoms with Crippen LogP contribution in [0.15, 0.2) is 6.20 Å². The molecule has 0 aromatic carbocycles. The van der Waals surface area contributed by atoms with E-state index in [-0.39, 0.29) is 6.10 Å². The first kappa shape index (κ1) is 9.85. The molecule has 5 heteroatoms. The lowest BCUT2D eigenvalue weighted by Crippen LogP contribution is -2.18. The van der Waals surface area contributed by atoms with Crippen molar-refractivity contribution in [3.8, 4) is 0 Å². The molecule has 0 radical (unpaired) electrons. The van der Waals surface area contributed by atoms with Crippen molar-refractivity contribution < 1.29 is 5.11 Å². The second-order valence-corrected chi connectivity index (χ2v) is 3.05. The summed E-state index contributed by atoms with van der Waals surface area (Å²) in [5, 5.41) is 16.3. The number of rotatable bonds is 4. The number of aliphatic hydroxyl groups is 1. The lowest BCUT2D eigenvalue weighted by atomic mass is 10.3. The maximum Gasteiger partial charge on any atom is 0.171 e. The lowest BCUT2D eigenvalue weighted by Gasteiger charge is -2.08. The number of nitrogen functional groups attached to an aromatic ring is 1. The Kier molecular flexibility index (Phi) is 3.13. The fourth-order valence-electron chi connectivity index (χ4n) is 1.00. The maximum atomic E-state index is 9.28. The zero-order valence-electron chi connectivity index (χ0n) is 7.99. The van der Waals surface area contributed by atoms with Crippen LogP contribution in [0.1, 0.15) is 13.3 Å². The van der Waals surface area contributed by atoms with Crippen LogP contribution in [0.25, 0.3) is 0 Å². The van der Waals surface area contributed by atoms with Gasteiger partial charge in [0.05, 0.1) is 11.8 Å². The van der Waals surface area contributed by atoms with Crippen molar-refractivity contribution in [1.82, 2.24) is 9.78 Å². The highest BCUT2D eigenvalue weighted by Gasteiger charge is 2.05. The minimum atomic E-state index is -0.346. The summed E-state index contributed by atoms with van der Waals surface area (Å²) in [6, 6.07) is 0. The molecule has 0 aliphatic carbocycles. The predicted octanol–water partition coefficient (Wildman–Crippen LogP) is 0.185. The average Bonchev–Trinajstić information content (AvgIpc) is 2.41. The zero-order chi connectivity index (χ0) is 9.84. The normalized spacial score (nSPS) is 12.8. The van der Waals surface area contributed by atoms with E-state index in [0.29, 0.717) is 18.1 Å². The number of anilines is 2. The molecule has 0 bridgehead atoms. The van der Waals surface area contributed by atoms with E-state index in [1.54, 1.807) is 17.9 Å². The van der Waals surface area contributed by atoms with Crippen molar-refractivity contribution in [2.75, 3.05) is 17.6 Å². The second kappa shape index (κ2) is 4.13. The van der Waals surface area contributed by atoms with Crippen LogP contribution in [-0.2, 0) is 7.05 Å². The van der Waals surface area contributed by atoms with Crippen molar-refractivity contribution in [1.29, 1.82) is 0 Å². The largest absolute Gasteiger partial charge is 0.394 e. The number of nitrogens with two attached hydrogens (primary N) is 1. The Hall–Kier alpha value is -1.23. The van der Waals surface area contributed by atoms with Crippen molar-refractivity contribution in [3.05, 3.63) is 6.20 Å². The Morgan fingerprint density at radius 3 is 2.92 bits per heavy atom. The van der Waals surface area contributed by atoms with Crippen molar-refractivity contribution in [2.45, 2.75) is 19.4 Å². The van der Waals surface area contributed by atoms with Crippen LogP contribution < -0.4 is 11.1 Å². The molecule has 0 saturated heterocycles. The van der Waals surface area contributed by atoms with Gasteiger partial charge in [0, 0.05) is 19.8 Å². The fraction of sp³-hybridized carbons (Fsp3) is 0.625. The molecule has 1 aromatic rings. The van der Waals surface area contributed by atoms with Gasteiger partial charge in [-0.3, -0.25) is 4.68 Å². The van der Waals surface area contributed by atoms with E-state index in [2.05, 4.69) is 10.4 Å². The van der Waals surface area contributed by atoms with Gasteiger partial charge in [0.25, 0.3) is 0 Å². The summed E-state index contributed by atoms with van der Waals surface area (Å²) < 4.78 is 1.63. The number of aromatic nitrogens is 2. The summed E-state index contributed by atoms with van der Waals surface area (Å²) >= 11 is 0. The van der Waals surface area contributed by atoms with Gasteiger partial charge in [0.1, 0.15) is 0 Å². The van der Waals surface area contributed by atoms with Gasteiger partial charge in [-0.15, -0.1) is 0 Å². The molecule has 5 nitrogen and oxygen atoms in total. The summed E-state index contributed by atoms with van der Waals surface area (Å²) in [6.45, 7) is 2.41. The molecule has 4 N–H and O–H groups in total. The number of nitrogens with one attached hydrogen (secondary N) is 1. The molecule has 0 amide bonds. The molecular weight excluding hydrogens is 168 g/mol. The minimum Gasteiger partial charge on any atom is -0.394 e. The zero-order valence-corrected chi connectivity index (χ0v) is 7.99. The number of aryl methyl sites for hydroxylation is 1. The Bertz CT molecular complexity index is 271. The smallest absolute Gasteiger partial charge is 0.171 e. The first-order valence-electron chi connectivity index (χ1n) is 4.34. The molecule has 1 unspecified atom stereocenters. The first-order chi connectivity index (χ1) is 6.13. The Morgan fingerprint density at radius 2 is 2.46 bits per heavy atom. The topological polar surface area (TPSA) is 76.1 Å². The molecule has 0 fully saturated rings. The van der Waals surface area contributed by atoms with Crippen LogP contribution in [0.4, 0.5) is 11.5 Å². The second-order valence-electron chi connectivity index (χ2n) is 3.05. The summed E-state index contributed by atoms with van der Waals surface area (Å²) in [4.78, 5) is 0. The highest BCUT2D eigenvalue weighted by atomic mass is 16.3. The van der Waals surface area contributed by atoms with Gasteiger partial charge in [-0.1, -0.05) is 6.92 Å². The summed E-state index contributed by atoms with van der Waals surface area (Å²) in [5.74, 6) is 0.634. The molecule has 74 valence electrons. The quantitative estimate of drug-likeness (QED) is 0.624. The first-order valence-corrected chi connectivity index (χ1v) is 4.34. The van der Waals surface area contributed by atoms with E-state index in [4.69, 9.17) is 5.73 Å². The molecule has 1 heterocycles. The van der Waals surface area contributed by atoms with Crippen LogP contribution in [0.5, 0.6) is 0 Å². The summed E-state index contributed by atoms with van der Waals surface area (Å²) in [6.07, 6.45) is 2.10. The third-order valence-electron chi connectivity index (χ3n) is 1.83. The van der Waals surface area contributed by atoms with Crippen molar-refractivity contribution >= 4 is 11.5 Å². The van der Waals surface area contributed by atoms with Crippen LogP contribution in [0.2, 0.25) is 0 Å². The van der Waals surface area contributed by atoms with E-state index in [9.17, 15) is 5.11 Å². The van der Waals surface area contributed by atoms with E-state index < -0.39 is 0 Å². The number of hydrogen-bond donors (Lipinski definition) is 3. The molecule has 0 aliphatic rings. The summed E-state index contributed by atoms with van der Waals surface area (Å²) in [5.41, 5.74) is 6.24. The van der Waals surface area contributed by atoms with Gasteiger partial charge in [-0.05, 0) is 6.42 Å². The Labute approximate surface area is 77.5 Å². The Balaban J connectivity index is 2.49.